The molecule has 3 aromatic heterocycles. The first-order valence-corrected chi connectivity index (χ1v) is 11.6. The van der Waals surface area contributed by atoms with E-state index in [0.29, 0.717) is 27.8 Å². The van der Waals surface area contributed by atoms with E-state index in [2.05, 4.69) is 16.3 Å². The zero-order valence-electron chi connectivity index (χ0n) is 18.4. The molecule has 5 rings (SSSR count). The van der Waals surface area contributed by atoms with Gasteiger partial charge in [-0.25, -0.2) is 19.0 Å². The van der Waals surface area contributed by atoms with E-state index in [-0.39, 0.29) is 5.82 Å². The molecule has 1 aliphatic rings. The lowest BCUT2D eigenvalue weighted by atomic mass is 10.1. The van der Waals surface area contributed by atoms with Gasteiger partial charge in [-0.1, -0.05) is 11.3 Å². The molecule has 1 fully saturated rings. The van der Waals surface area contributed by atoms with Crippen molar-refractivity contribution in [2.45, 2.75) is 13.5 Å². The van der Waals surface area contributed by atoms with Crippen LogP contribution in [0, 0.1) is 17.1 Å². The number of pyridine rings is 1. The fourth-order valence-electron chi connectivity index (χ4n) is 4.03. The topological polar surface area (TPSA) is 85.9 Å². The molecular weight excluding hydrogens is 439 g/mol. The molecule has 0 aliphatic carbocycles. The zero-order valence-corrected chi connectivity index (χ0v) is 19.2. The molecule has 4 aromatic rings. The summed E-state index contributed by atoms with van der Waals surface area (Å²) in [7, 11) is 1.91. The van der Waals surface area contributed by atoms with Crippen molar-refractivity contribution in [3.8, 4) is 17.3 Å². The average Bonchev–Trinajstić information content (AvgIpc) is 3.46. The lowest BCUT2D eigenvalue weighted by Gasteiger charge is -2.28. The van der Waals surface area contributed by atoms with Crippen molar-refractivity contribution in [3.05, 3.63) is 47.1 Å². The van der Waals surface area contributed by atoms with Crippen LogP contribution in [0.2, 0.25) is 0 Å². The quantitative estimate of drug-likeness (QED) is 0.483. The van der Waals surface area contributed by atoms with Crippen molar-refractivity contribution in [3.63, 3.8) is 0 Å². The summed E-state index contributed by atoms with van der Waals surface area (Å²) >= 11 is 1.30. The smallest absolute Gasteiger partial charge is 0.192 e. The maximum Gasteiger partial charge on any atom is 0.192 e. The summed E-state index contributed by atoms with van der Waals surface area (Å²) < 4.78 is 15.3. The number of thiazole rings is 1. The number of benzene rings is 1. The molecule has 0 atom stereocenters. The highest BCUT2D eigenvalue weighted by molar-refractivity contribution is 7.16. The van der Waals surface area contributed by atoms with E-state index in [1.54, 1.807) is 12.1 Å². The first kappa shape index (κ1) is 21.3. The molecule has 0 radical (unpaired) electrons. The monoisotopic (exact) mass is 462 g/mol. The number of piperazine rings is 1. The molecule has 1 aliphatic heterocycles. The van der Waals surface area contributed by atoms with Crippen LogP contribution in [0.4, 0.5) is 21.2 Å². The molecule has 1 N–H and O–H groups in total. The van der Waals surface area contributed by atoms with Gasteiger partial charge in [0, 0.05) is 45.3 Å². The largest absolute Gasteiger partial charge is 0.354 e. The predicted molar refractivity (Wildman–Crippen MR) is 129 cm³/mol. The second-order valence-electron chi connectivity index (χ2n) is 7.77. The number of hydrogen-bond donors (Lipinski definition) is 1. The van der Waals surface area contributed by atoms with Crippen LogP contribution in [-0.2, 0) is 6.54 Å². The number of aromatic nitrogens is 4. The summed E-state index contributed by atoms with van der Waals surface area (Å²) in [5.41, 5.74) is 2.86. The minimum Gasteiger partial charge on any atom is -0.354 e. The van der Waals surface area contributed by atoms with E-state index >= 15 is 0 Å². The summed E-state index contributed by atoms with van der Waals surface area (Å²) in [4.78, 5) is 14.4. The molecule has 0 unspecified atom stereocenters. The molecule has 0 amide bonds. The van der Waals surface area contributed by atoms with Gasteiger partial charge < -0.3 is 15.1 Å². The van der Waals surface area contributed by atoms with Crippen LogP contribution < -0.4 is 15.1 Å². The van der Waals surface area contributed by atoms with Crippen molar-refractivity contribution >= 4 is 39.1 Å². The lowest BCUT2D eigenvalue weighted by Crippen LogP contribution is -2.43. The van der Waals surface area contributed by atoms with Crippen LogP contribution in [-0.4, -0.2) is 53.0 Å². The number of hydrogen-bond acceptors (Lipinski definition) is 8. The first-order valence-electron chi connectivity index (χ1n) is 10.8. The molecule has 0 bridgehead atoms. The number of anilines is 3. The Kier molecular flexibility index (Phi) is 5.66. The molecule has 0 spiro atoms. The number of nitriles is 1. The van der Waals surface area contributed by atoms with Gasteiger partial charge in [-0.05, 0) is 43.3 Å². The molecule has 10 heteroatoms. The Morgan fingerprint density at radius 1 is 1.15 bits per heavy atom. The van der Waals surface area contributed by atoms with Gasteiger partial charge in [0.05, 0.1) is 0 Å². The highest BCUT2D eigenvalue weighted by Crippen LogP contribution is 2.37. The predicted octanol–water partition coefficient (Wildman–Crippen LogP) is 3.76. The van der Waals surface area contributed by atoms with Crippen molar-refractivity contribution in [2.24, 2.45) is 0 Å². The van der Waals surface area contributed by atoms with E-state index < -0.39 is 0 Å². The Morgan fingerprint density at radius 3 is 2.61 bits per heavy atom. The zero-order chi connectivity index (χ0) is 22.9. The van der Waals surface area contributed by atoms with Crippen LogP contribution in [0.3, 0.4) is 0 Å². The van der Waals surface area contributed by atoms with Gasteiger partial charge in [0.15, 0.2) is 10.9 Å². The normalized spacial score (nSPS) is 13.9. The van der Waals surface area contributed by atoms with Crippen LogP contribution in [0.5, 0.6) is 0 Å². The molecule has 33 heavy (non-hydrogen) atoms. The van der Waals surface area contributed by atoms with Gasteiger partial charge in [-0.2, -0.15) is 10.4 Å². The molecule has 168 valence electrons. The molecule has 0 saturated carbocycles. The summed E-state index contributed by atoms with van der Waals surface area (Å²) in [5, 5.41) is 18.5. The molecule has 8 nitrogen and oxygen atoms in total. The second kappa shape index (κ2) is 8.77. The van der Waals surface area contributed by atoms with Gasteiger partial charge in [0.25, 0.3) is 0 Å². The molecular formula is C23H23FN8S. The minimum absolute atomic E-state index is 0.325. The third-order valence-electron chi connectivity index (χ3n) is 5.72. The van der Waals surface area contributed by atoms with Crippen LogP contribution >= 0.6 is 11.3 Å². The van der Waals surface area contributed by atoms with Gasteiger partial charge in [0.2, 0.25) is 0 Å². The van der Waals surface area contributed by atoms with Crippen LogP contribution in [0.15, 0.2) is 36.4 Å². The summed E-state index contributed by atoms with van der Waals surface area (Å²) in [5.74, 6) is 1.43. The third kappa shape index (κ3) is 3.90. The number of fused-ring (bicyclic) bond motifs is 1. The Hall–Kier alpha value is -3.55. The van der Waals surface area contributed by atoms with E-state index in [4.69, 9.17) is 15.1 Å². The van der Waals surface area contributed by atoms with Gasteiger partial charge >= 0.3 is 0 Å². The Morgan fingerprint density at radius 2 is 1.91 bits per heavy atom. The highest BCUT2D eigenvalue weighted by atomic mass is 32.1. The van der Waals surface area contributed by atoms with Gasteiger partial charge in [0.1, 0.15) is 39.3 Å². The summed E-state index contributed by atoms with van der Waals surface area (Å²) in [6.07, 6.45) is 0. The molecule has 1 aromatic carbocycles. The van der Waals surface area contributed by atoms with Crippen molar-refractivity contribution in [2.75, 3.05) is 43.0 Å². The van der Waals surface area contributed by atoms with Crippen molar-refractivity contribution < 1.29 is 4.39 Å². The highest BCUT2D eigenvalue weighted by Gasteiger charge is 2.23. The average molecular weight is 463 g/mol. The fraction of sp³-hybridized carbons (Fsp3) is 0.304. The second-order valence-corrected chi connectivity index (χ2v) is 8.74. The van der Waals surface area contributed by atoms with E-state index in [0.717, 1.165) is 48.8 Å². The summed E-state index contributed by atoms with van der Waals surface area (Å²) in [6, 6.07) is 12.3. The molecule has 4 heterocycles. The van der Waals surface area contributed by atoms with Crippen molar-refractivity contribution in [1.82, 2.24) is 25.1 Å². The standard InChI is InChI=1S/C23H23FN8S/c1-3-32-22(21-17(29-32)8-9-19(27-21)31-12-10-26-11-13-31)30(2)23-28-20(18(14-25)33-23)15-4-6-16(24)7-5-15/h4-9,26H,3,10-13H2,1-2H3. The van der Waals surface area contributed by atoms with Crippen LogP contribution in [0.1, 0.15) is 11.8 Å². The number of halogens is 1. The number of nitrogens with one attached hydrogen (secondary N) is 1. The molecule has 1 saturated heterocycles. The Labute approximate surface area is 194 Å². The number of nitrogens with zero attached hydrogens (tertiary/aromatic N) is 7. The summed E-state index contributed by atoms with van der Waals surface area (Å²) in [6.45, 7) is 6.38. The third-order valence-corrected chi connectivity index (χ3v) is 6.76. The number of rotatable bonds is 5. The SMILES string of the molecule is CCn1nc2ccc(N3CCNCC3)nc2c1N(C)c1nc(-c2ccc(F)cc2)c(C#N)s1. The van der Waals surface area contributed by atoms with E-state index in [9.17, 15) is 9.65 Å². The Balaban J connectivity index is 1.58. The van der Waals surface area contributed by atoms with E-state index in [1.807, 2.05) is 35.7 Å². The minimum atomic E-state index is -0.325. The van der Waals surface area contributed by atoms with Gasteiger partial charge in [-0.15, -0.1) is 0 Å². The van der Waals surface area contributed by atoms with E-state index in [1.165, 1.54) is 23.5 Å². The Bertz CT molecular complexity index is 1330. The lowest BCUT2D eigenvalue weighted by molar-refractivity contribution is 0.585. The van der Waals surface area contributed by atoms with Crippen LogP contribution in [0.25, 0.3) is 22.3 Å². The maximum atomic E-state index is 13.4. The fourth-order valence-corrected chi connectivity index (χ4v) is 4.88. The van der Waals surface area contributed by atoms with Crippen molar-refractivity contribution in [1.29, 1.82) is 5.26 Å². The maximum absolute atomic E-state index is 13.4. The number of aryl methyl sites for hydroxylation is 1. The van der Waals surface area contributed by atoms with Gasteiger partial charge in [-0.3, -0.25) is 0 Å². The first-order chi connectivity index (χ1) is 16.1.